The molecule has 0 saturated heterocycles. The third kappa shape index (κ3) is 4.20. The summed E-state index contributed by atoms with van der Waals surface area (Å²) in [6.45, 7) is 2.56. The molecular weight excluding hydrogens is 469 g/mol. The van der Waals surface area contributed by atoms with Gasteiger partial charge in [0, 0.05) is 32.1 Å². The maximum absolute atomic E-state index is 13.0. The van der Waals surface area contributed by atoms with Crippen LogP contribution in [0.5, 0.6) is 0 Å². The average Bonchev–Trinajstić information content (AvgIpc) is 3.41. The average molecular weight is 490 g/mol. The van der Waals surface area contributed by atoms with Crippen molar-refractivity contribution in [3.05, 3.63) is 100 Å². The Balaban J connectivity index is 1.78. The lowest BCUT2D eigenvalue weighted by Gasteiger charge is -2.12. The van der Waals surface area contributed by atoms with Crippen LogP contribution >= 0.6 is 23.2 Å². The molecule has 5 aromatic rings. The van der Waals surface area contributed by atoms with Crippen molar-refractivity contribution in [1.82, 2.24) is 14.8 Å². The highest BCUT2D eigenvalue weighted by atomic mass is 35.5. The summed E-state index contributed by atoms with van der Waals surface area (Å²) in [4.78, 5) is 16.3. The second kappa shape index (κ2) is 9.37. The summed E-state index contributed by atoms with van der Waals surface area (Å²) in [5.41, 5.74) is 5.62. The SMILES string of the molecule is CCOC(=O)c1[nH]c2cc(Cl)ccc2c1-c1c(-c2ccccc2)cnn1Cc1ccc(Cl)cc1. The van der Waals surface area contributed by atoms with Gasteiger partial charge in [0.05, 0.1) is 25.0 Å². The van der Waals surface area contributed by atoms with E-state index in [0.717, 1.165) is 38.9 Å². The van der Waals surface area contributed by atoms with E-state index in [9.17, 15) is 4.79 Å². The first-order chi connectivity index (χ1) is 16.5. The van der Waals surface area contributed by atoms with Gasteiger partial charge in [-0.3, -0.25) is 4.68 Å². The number of ether oxygens (including phenoxy) is 1. The number of fused-ring (bicyclic) bond motifs is 1. The van der Waals surface area contributed by atoms with Crippen LogP contribution in [-0.4, -0.2) is 27.3 Å². The summed E-state index contributed by atoms with van der Waals surface area (Å²) in [6.07, 6.45) is 1.84. The predicted octanol–water partition coefficient (Wildman–Crippen LogP) is 7.23. The molecule has 170 valence electrons. The van der Waals surface area contributed by atoms with Crippen LogP contribution in [0.3, 0.4) is 0 Å². The van der Waals surface area contributed by atoms with Crippen molar-refractivity contribution >= 4 is 40.1 Å². The Kier molecular flexibility index (Phi) is 6.14. The first-order valence-electron chi connectivity index (χ1n) is 10.9. The number of carbonyl (C=O) groups is 1. The summed E-state index contributed by atoms with van der Waals surface area (Å²) in [5.74, 6) is -0.428. The van der Waals surface area contributed by atoms with Gasteiger partial charge < -0.3 is 9.72 Å². The van der Waals surface area contributed by atoms with Crippen LogP contribution in [-0.2, 0) is 11.3 Å². The highest BCUT2D eigenvalue weighted by Gasteiger charge is 2.26. The number of H-pyrrole nitrogens is 1. The monoisotopic (exact) mass is 489 g/mol. The molecular formula is C27H21Cl2N3O2. The number of nitrogens with one attached hydrogen (secondary N) is 1. The van der Waals surface area contributed by atoms with Crippen LogP contribution in [0.2, 0.25) is 10.0 Å². The lowest BCUT2D eigenvalue weighted by atomic mass is 9.99. The van der Waals surface area contributed by atoms with Crippen molar-refractivity contribution in [2.75, 3.05) is 6.61 Å². The Labute approximate surface area is 206 Å². The zero-order chi connectivity index (χ0) is 23.7. The molecule has 0 amide bonds. The number of rotatable bonds is 6. The minimum Gasteiger partial charge on any atom is -0.461 e. The van der Waals surface area contributed by atoms with Gasteiger partial charge in [-0.25, -0.2) is 4.79 Å². The number of benzene rings is 3. The fraction of sp³-hybridized carbons (Fsp3) is 0.111. The molecule has 0 bridgehead atoms. The molecule has 0 atom stereocenters. The number of aromatic amines is 1. The molecule has 0 spiro atoms. The van der Waals surface area contributed by atoms with Crippen molar-refractivity contribution in [2.24, 2.45) is 0 Å². The molecule has 7 heteroatoms. The second-order valence-electron chi connectivity index (χ2n) is 7.84. The standard InChI is InChI=1S/C27H21Cl2N3O2/c1-2-34-27(33)25-24(21-13-12-20(29)14-23(21)31-25)26-22(18-6-4-3-5-7-18)15-30-32(26)16-17-8-10-19(28)11-9-17/h3-15,31H,2,16H2,1H3. The van der Waals surface area contributed by atoms with Crippen molar-refractivity contribution < 1.29 is 9.53 Å². The number of nitrogens with zero attached hydrogens (tertiary/aromatic N) is 2. The van der Waals surface area contributed by atoms with E-state index in [2.05, 4.69) is 4.98 Å². The van der Waals surface area contributed by atoms with Crippen molar-refractivity contribution in [3.8, 4) is 22.4 Å². The first-order valence-corrected chi connectivity index (χ1v) is 11.6. The van der Waals surface area contributed by atoms with E-state index in [-0.39, 0.29) is 6.61 Å². The van der Waals surface area contributed by atoms with E-state index in [1.54, 1.807) is 6.92 Å². The molecule has 5 rings (SSSR count). The largest absolute Gasteiger partial charge is 0.461 e. The normalized spacial score (nSPS) is 11.1. The fourth-order valence-corrected chi connectivity index (χ4v) is 4.43. The molecule has 2 heterocycles. The van der Waals surface area contributed by atoms with Gasteiger partial charge in [0.1, 0.15) is 5.69 Å². The number of halogens is 2. The van der Waals surface area contributed by atoms with Crippen LogP contribution in [0.1, 0.15) is 23.0 Å². The van der Waals surface area contributed by atoms with Gasteiger partial charge in [-0.2, -0.15) is 5.10 Å². The van der Waals surface area contributed by atoms with Crippen molar-refractivity contribution in [2.45, 2.75) is 13.5 Å². The van der Waals surface area contributed by atoms with Gasteiger partial charge in [0.2, 0.25) is 0 Å². The van der Waals surface area contributed by atoms with Crippen molar-refractivity contribution in [3.63, 3.8) is 0 Å². The third-order valence-corrected chi connectivity index (χ3v) is 6.13. The van der Waals surface area contributed by atoms with Crippen LogP contribution in [0.25, 0.3) is 33.3 Å². The highest BCUT2D eigenvalue weighted by Crippen LogP contribution is 2.40. The Morgan fingerprint density at radius 2 is 1.74 bits per heavy atom. The highest BCUT2D eigenvalue weighted by molar-refractivity contribution is 6.31. The van der Waals surface area contributed by atoms with E-state index >= 15 is 0 Å². The van der Waals surface area contributed by atoms with E-state index in [1.807, 2.05) is 83.7 Å². The maximum Gasteiger partial charge on any atom is 0.355 e. The summed E-state index contributed by atoms with van der Waals surface area (Å²) >= 11 is 12.3. The fourth-order valence-electron chi connectivity index (χ4n) is 4.13. The van der Waals surface area contributed by atoms with Gasteiger partial charge in [0.25, 0.3) is 0 Å². The molecule has 0 aliphatic heterocycles. The summed E-state index contributed by atoms with van der Waals surface area (Å²) < 4.78 is 7.30. The van der Waals surface area contributed by atoms with E-state index < -0.39 is 5.97 Å². The molecule has 0 saturated carbocycles. The third-order valence-electron chi connectivity index (χ3n) is 5.65. The van der Waals surface area contributed by atoms with Crippen molar-refractivity contribution in [1.29, 1.82) is 0 Å². The first kappa shape index (κ1) is 22.3. The van der Waals surface area contributed by atoms with Crippen LogP contribution in [0, 0.1) is 0 Å². The zero-order valence-corrected chi connectivity index (χ0v) is 19.9. The molecule has 5 nitrogen and oxygen atoms in total. The van der Waals surface area contributed by atoms with Gasteiger partial charge >= 0.3 is 5.97 Å². The minimum atomic E-state index is -0.428. The lowest BCUT2D eigenvalue weighted by Crippen LogP contribution is -2.09. The van der Waals surface area contributed by atoms with Gasteiger partial charge in [-0.15, -0.1) is 0 Å². The summed E-state index contributed by atoms with van der Waals surface area (Å²) in [7, 11) is 0. The quantitative estimate of drug-likeness (QED) is 0.256. The number of hydrogen-bond acceptors (Lipinski definition) is 3. The second-order valence-corrected chi connectivity index (χ2v) is 8.72. The van der Waals surface area contributed by atoms with Crippen LogP contribution in [0.4, 0.5) is 0 Å². The Morgan fingerprint density at radius 1 is 1.00 bits per heavy atom. The molecule has 0 radical (unpaired) electrons. The minimum absolute atomic E-state index is 0.268. The Bertz CT molecular complexity index is 1470. The smallest absolute Gasteiger partial charge is 0.355 e. The zero-order valence-electron chi connectivity index (χ0n) is 18.4. The van der Waals surface area contributed by atoms with Gasteiger partial charge in [-0.05, 0) is 42.3 Å². The Hall–Kier alpha value is -3.54. The maximum atomic E-state index is 13.0. The number of aromatic nitrogens is 3. The molecule has 0 unspecified atom stereocenters. The number of esters is 1. The number of hydrogen-bond donors (Lipinski definition) is 1. The molecule has 0 aliphatic rings. The lowest BCUT2D eigenvalue weighted by molar-refractivity contribution is 0.0521. The summed E-state index contributed by atoms with van der Waals surface area (Å²) in [6, 6.07) is 23.2. The van der Waals surface area contributed by atoms with Gasteiger partial charge in [-0.1, -0.05) is 71.7 Å². The molecule has 34 heavy (non-hydrogen) atoms. The van der Waals surface area contributed by atoms with Crippen LogP contribution in [0.15, 0.2) is 79.0 Å². The van der Waals surface area contributed by atoms with E-state index in [4.69, 9.17) is 33.0 Å². The van der Waals surface area contributed by atoms with Gasteiger partial charge in [0.15, 0.2) is 0 Å². The van der Waals surface area contributed by atoms with E-state index in [0.29, 0.717) is 22.3 Å². The molecule has 0 fully saturated rings. The Morgan fingerprint density at radius 3 is 2.47 bits per heavy atom. The molecule has 2 aromatic heterocycles. The molecule has 1 N–H and O–H groups in total. The van der Waals surface area contributed by atoms with Crippen LogP contribution < -0.4 is 0 Å². The van der Waals surface area contributed by atoms with E-state index in [1.165, 1.54) is 0 Å². The summed E-state index contributed by atoms with van der Waals surface area (Å²) in [5, 5.41) is 6.84. The molecule has 3 aromatic carbocycles. The number of carbonyl (C=O) groups excluding carboxylic acids is 1. The topological polar surface area (TPSA) is 59.9 Å². The predicted molar refractivity (Wildman–Crippen MR) is 136 cm³/mol. The molecule has 0 aliphatic carbocycles.